The van der Waals surface area contributed by atoms with Crippen molar-refractivity contribution in [1.82, 2.24) is 14.7 Å². The van der Waals surface area contributed by atoms with Gasteiger partial charge in [-0.05, 0) is 25.9 Å². The molecule has 2 heterocycles. The Bertz CT molecular complexity index is 336. The summed E-state index contributed by atoms with van der Waals surface area (Å²) in [5.74, 6) is -0.645. The average molecular weight is 269 g/mol. The highest BCUT2D eigenvalue weighted by Gasteiger charge is 2.33. The highest BCUT2D eigenvalue weighted by Crippen LogP contribution is 2.20. The number of carboxylic acid groups (broad SMARTS) is 1. The molecule has 2 aliphatic rings. The maximum absolute atomic E-state index is 12.0. The number of carbonyl (C=O) groups excluding carboxylic acids is 1. The Morgan fingerprint density at radius 3 is 2.47 bits per heavy atom. The number of nitrogens with zero attached hydrogens (tertiary/aromatic N) is 3. The van der Waals surface area contributed by atoms with Gasteiger partial charge in [0.2, 0.25) is 0 Å². The molecule has 0 atom stereocenters. The lowest BCUT2D eigenvalue weighted by Crippen LogP contribution is -2.55. The summed E-state index contributed by atoms with van der Waals surface area (Å²) in [5, 5.41) is 8.67. The van der Waals surface area contributed by atoms with Gasteiger partial charge in [0.05, 0.1) is 6.42 Å². The largest absolute Gasteiger partial charge is 0.481 e. The van der Waals surface area contributed by atoms with Crippen molar-refractivity contribution in [3.05, 3.63) is 0 Å². The van der Waals surface area contributed by atoms with E-state index in [1.807, 2.05) is 7.05 Å². The van der Waals surface area contributed by atoms with Gasteiger partial charge in [-0.1, -0.05) is 0 Å². The number of likely N-dealkylation sites (N-methyl/N-ethyl adjacent to an activating group) is 1. The molecule has 0 bridgehead atoms. The Kier molecular flexibility index (Phi) is 4.63. The van der Waals surface area contributed by atoms with Gasteiger partial charge in [0.15, 0.2) is 0 Å². The highest BCUT2D eigenvalue weighted by atomic mass is 16.4. The van der Waals surface area contributed by atoms with E-state index in [0.29, 0.717) is 13.1 Å². The van der Waals surface area contributed by atoms with E-state index in [9.17, 15) is 9.59 Å². The average Bonchev–Trinajstić information content (AvgIpc) is 2.82. The van der Waals surface area contributed by atoms with Crippen LogP contribution in [-0.2, 0) is 4.79 Å². The van der Waals surface area contributed by atoms with Gasteiger partial charge >= 0.3 is 12.0 Å². The monoisotopic (exact) mass is 269 g/mol. The molecule has 6 heteroatoms. The third-order valence-electron chi connectivity index (χ3n) is 3.97. The fraction of sp³-hybridized carbons (Fsp3) is 0.846. The van der Waals surface area contributed by atoms with Crippen LogP contribution in [-0.4, -0.2) is 78.1 Å². The number of rotatable bonds is 5. The summed E-state index contributed by atoms with van der Waals surface area (Å²) in [5.41, 5.74) is 0. The molecule has 2 saturated heterocycles. The third-order valence-corrected chi connectivity index (χ3v) is 3.97. The number of likely N-dealkylation sites (tertiary alicyclic amines) is 2. The summed E-state index contributed by atoms with van der Waals surface area (Å²) < 4.78 is 0. The molecule has 6 nitrogen and oxygen atoms in total. The SMILES string of the molecule is CN(CCN1CCCC1)C(=O)N1CC(CC(=O)O)C1. The fourth-order valence-electron chi connectivity index (χ4n) is 2.74. The maximum Gasteiger partial charge on any atom is 0.319 e. The molecule has 0 unspecified atom stereocenters. The Morgan fingerprint density at radius 1 is 1.26 bits per heavy atom. The first-order valence-electron chi connectivity index (χ1n) is 7.00. The minimum atomic E-state index is -0.778. The summed E-state index contributed by atoms with van der Waals surface area (Å²) >= 11 is 0. The zero-order valence-electron chi connectivity index (χ0n) is 11.5. The fourth-order valence-corrected chi connectivity index (χ4v) is 2.74. The van der Waals surface area contributed by atoms with E-state index < -0.39 is 5.97 Å². The van der Waals surface area contributed by atoms with Crippen LogP contribution in [0.25, 0.3) is 0 Å². The molecule has 0 radical (unpaired) electrons. The molecule has 2 fully saturated rings. The first-order valence-corrected chi connectivity index (χ1v) is 7.00. The summed E-state index contributed by atoms with van der Waals surface area (Å²) in [6.45, 7) is 5.14. The van der Waals surface area contributed by atoms with E-state index in [0.717, 1.165) is 26.2 Å². The van der Waals surface area contributed by atoms with Crippen molar-refractivity contribution in [3.8, 4) is 0 Å². The van der Waals surface area contributed by atoms with Crippen LogP contribution in [0.2, 0.25) is 0 Å². The molecule has 0 aromatic rings. The Balaban J connectivity index is 1.64. The molecule has 2 amide bonds. The Morgan fingerprint density at radius 2 is 1.89 bits per heavy atom. The van der Waals surface area contributed by atoms with Crippen molar-refractivity contribution in [1.29, 1.82) is 0 Å². The number of carboxylic acids is 1. The van der Waals surface area contributed by atoms with Crippen LogP contribution in [0, 0.1) is 5.92 Å². The van der Waals surface area contributed by atoms with Crippen molar-refractivity contribution >= 4 is 12.0 Å². The maximum atomic E-state index is 12.0. The van der Waals surface area contributed by atoms with Crippen molar-refractivity contribution in [2.45, 2.75) is 19.3 Å². The van der Waals surface area contributed by atoms with Crippen LogP contribution in [0.5, 0.6) is 0 Å². The summed E-state index contributed by atoms with van der Waals surface area (Å²) in [7, 11) is 1.82. The van der Waals surface area contributed by atoms with E-state index in [2.05, 4.69) is 4.90 Å². The summed E-state index contributed by atoms with van der Waals surface area (Å²) in [6.07, 6.45) is 2.70. The van der Waals surface area contributed by atoms with Gasteiger partial charge in [-0.2, -0.15) is 0 Å². The first kappa shape index (κ1) is 14.1. The first-order chi connectivity index (χ1) is 9.06. The standard InChI is InChI=1S/C13H23N3O3/c1-14(6-7-15-4-2-3-5-15)13(19)16-9-11(10-16)8-12(17)18/h11H,2-10H2,1H3,(H,17,18). The lowest BCUT2D eigenvalue weighted by atomic mass is 9.97. The quantitative estimate of drug-likeness (QED) is 0.791. The minimum absolute atomic E-state index is 0.0286. The van der Waals surface area contributed by atoms with Gasteiger partial charge in [0, 0.05) is 39.1 Å². The number of amides is 2. The zero-order valence-corrected chi connectivity index (χ0v) is 11.5. The molecular formula is C13H23N3O3. The number of aliphatic carboxylic acids is 1. The van der Waals surface area contributed by atoms with Crippen LogP contribution in [0.4, 0.5) is 4.79 Å². The third kappa shape index (κ3) is 3.83. The highest BCUT2D eigenvalue weighted by molar-refractivity contribution is 5.75. The van der Waals surface area contributed by atoms with Gasteiger partial charge in [0.25, 0.3) is 0 Å². The van der Waals surface area contributed by atoms with Crippen molar-refractivity contribution in [3.63, 3.8) is 0 Å². The molecule has 108 valence electrons. The number of carbonyl (C=O) groups is 2. The predicted molar refractivity (Wildman–Crippen MR) is 71.0 cm³/mol. The summed E-state index contributed by atoms with van der Waals surface area (Å²) in [6, 6.07) is 0.0286. The topological polar surface area (TPSA) is 64.1 Å². The molecule has 2 aliphatic heterocycles. The molecule has 0 aromatic carbocycles. The van der Waals surface area contributed by atoms with E-state index in [1.54, 1.807) is 9.80 Å². The Hall–Kier alpha value is -1.30. The van der Waals surface area contributed by atoms with E-state index >= 15 is 0 Å². The van der Waals surface area contributed by atoms with Crippen molar-refractivity contribution < 1.29 is 14.7 Å². The molecule has 0 spiro atoms. The van der Waals surface area contributed by atoms with Crippen LogP contribution < -0.4 is 0 Å². The molecular weight excluding hydrogens is 246 g/mol. The van der Waals surface area contributed by atoms with E-state index in [1.165, 1.54) is 12.8 Å². The van der Waals surface area contributed by atoms with E-state index in [-0.39, 0.29) is 18.4 Å². The lowest BCUT2D eigenvalue weighted by Gasteiger charge is -2.40. The molecule has 1 N–H and O–H groups in total. The molecule has 2 rings (SSSR count). The van der Waals surface area contributed by atoms with Crippen LogP contribution in [0.15, 0.2) is 0 Å². The predicted octanol–water partition coefficient (Wildman–Crippen LogP) is 0.540. The number of urea groups is 1. The lowest BCUT2D eigenvalue weighted by molar-refractivity contribution is -0.139. The van der Waals surface area contributed by atoms with Crippen LogP contribution in [0.3, 0.4) is 0 Å². The van der Waals surface area contributed by atoms with Gasteiger partial charge in [0.1, 0.15) is 0 Å². The number of hydrogen-bond acceptors (Lipinski definition) is 3. The van der Waals surface area contributed by atoms with Crippen molar-refractivity contribution in [2.75, 3.05) is 46.3 Å². The van der Waals surface area contributed by atoms with E-state index in [4.69, 9.17) is 5.11 Å². The van der Waals surface area contributed by atoms with Gasteiger partial charge in [-0.3, -0.25) is 4.79 Å². The second kappa shape index (κ2) is 6.23. The Labute approximate surface area is 114 Å². The molecule has 0 aliphatic carbocycles. The molecule has 0 aromatic heterocycles. The second-order valence-corrected chi connectivity index (χ2v) is 5.62. The summed E-state index contributed by atoms with van der Waals surface area (Å²) in [4.78, 5) is 28.5. The second-order valence-electron chi connectivity index (χ2n) is 5.62. The van der Waals surface area contributed by atoms with Gasteiger partial charge < -0.3 is 19.8 Å². The normalized spacial score (nSPS) is 20.4. The van der Waals surface area contributed by atoms with Gasteiger partial charge in [-0.15, -0.1) is 0 Å². The van der Waals surface area contributed by atoms with Crippen LogP contribution in [0.1, 0.15) is 19.3 Å². The molecule has 19 heavy (non-hydrogen) atoms. The van der Waals surface area contributed by atoms with Crippen molar-refractivity contribution in [2.24, 2.45) is 5.92 Å². The van der Waals surface area contributed by atoms with Crippen LogP contribution >= 0.6 is 0 Å². The zero-order chi connectivity index (χ0) is 13.8. The molecule has 0 saturated carbocycles. The smallest absolute Gasteiger partial charge is 0.319 e. The van der Waals surface area contributed by atoms with Gasteiger partial charge in [-0.25, -0.2) is 4.79 Å². The number of hydrogen-bond donors (Lipinski definition) is 1. The minimum Gasteiger partial charge on any atom is -0.481 e.